The second-order valence-corrected chi connectivity index (χ2v) is 5.35. The Labute approximate surface area is 120 Å². The summed E-state index contributed by atoms with van der Waals surface area (Å²) in [7, 11) is 2.14. The SMILES string of the molecule is Cc1occc1CN(C)CC(CS)c1ccccc1. The topological polar surface area (TPSA) is 16.4 Å². The van der Waals surface area contributed by atoms with Gasteiger partial charge in [-0.05, 0) is 31.4 Å². The van der Waals surface area contributed by atoms with E-state index in [0.29, 0.717) is 5.92 Å². The van der Waals surface area contributed by atoms with Crippen molar-refractivity contribution in [2.24, 2.45) is 0 Å². The van der Waals surface area contributed by atoms with Crippen LogP contribution in [0.2, 0.25) is 0 Å². The van der Waals surface area contributed by atoms with Gasteiger partial charge in [-0.15, -0.1) is 0 Å². The van der Waals surface area contributed by atoms with E-state index in [1.807, 2.05) is 13.0 Å². The van der Waals surface area contributed by atoms with E-state index in [1.54, 1.807) is 6.26 Å². The molecular weight excluding hydrogens is 254 g/mol. The maximum Gasteiger partial charge on any atom is 0.105 e. The van der Waals surface area contributed by atoms with Crippen molar-refractivity contribution in [2.45, 2.75) is 19.4 Å². The van der Waals surface area contributed by atoms with Gasteiger partial charge < -0.3 is 9.32 Å². The first-order chi connectivity index (χ1) is 9.20. The molecule has 1 aromatic carbocycles. The molecule has 3 heteroatoms. The Morgan fingerprint density at radius 1 is 1.21 bits per heavy atom. The van der Waals surface area contributed by atoms with Crippen LogP contribution in [0.3, 0.4) is 0 Å². The summed E-state index contributed by atoms with van der Waals surface area (Å²) in [5.41, 5.74) is 2.61. The van der Waals surface area contributed by atoms with Crippen molar-refractivity contribution in [3.63, 3.8) is 0 Å². The minimum Gasteiger partial charge on any atom is -0.469 e. The zero-order valence-corrected chi connectivity index (χ0v) is 12.4. The van der Waals surface area contributed by atoms with Gasteiger partial charge >= 0.3 is 0 Å². The highest BCUT2D eigenvalue weighted by Crippen LogP contribution is 2.19. The summed E-state index contributed by atoms with van der Waals surface area (Å²) in [4.78, 5) is 2.33. The molecule has 102 valence electrons. The van der Waals surface area contributed by atoms with E-state index in [0.717, 1.165) is 24.6 Å². The van der Waals surface area contributed by atoms with Crippen molar-refractivity contribution in [1.29, 1.82) is 0 Å². The lowest BCUT2D eigenvalue weighted by molar-refractivity contribution is 0.309. The van der Waals surface area contributed by atoms with E-state index < -0.39 is 0 Å². The number of furan rings is 1. The highest BCUT2D eigenvalue weighted by Gasteiger charge is 2.13. The van der Waals surface area contributed by atoms with E-state index in [-0.39, 0.29) is 0 Å². The van der Waals surface area contributed by atoms with Gasteiger partial charge in [0.15, 0.2) is 0 Å². The summed E-state index contributed by atoms with van der Waals surface area (Å²) in [5, 5.41) is 0. The lowest BCUT2D eigenvalue weighted by atomic mass is 10.0. The van der Waals surface area contributed by atoms with Crippen LogP contribution in [0.5, 0.6) is 0 Å². The summed E-state index contributed by atoms with van der Waals surface area (Å²) >= 11 is 4.49. The van der Waals surface area contributed by atoms with E-state index in [9.17, 15) is 0 Å². The number of thiol groups is 1. The molecule has 0 amide bonds. The van der Waals surface area contributed by atoms with Crippen molar-refractivity contribution >= 4 is 12.6 Å². The number of aryl methyl sites for hydroxylation is 1. The number of likely N-dealkylation sites (N-methyl/N-ethyl adjacent to an activating group) is 1. The molecular formula is C16H21NOS. The average molecular weight is 275 g/mol. The van der Waals surface area contributed by atoms with Gasteiger partial charge in [0.05, 0.1) is 6.26 Å². The molecule has 1 unspecified atom stereocenters. The third-order valence-electron chi connectivity index (χ3n) is 3.43. The van der Waals surface area contributed by atoms with E-state index in [1.165, 1.54) is 11.1 Å². The largest absolute Gasteiger partial charge is 0.469 e. The first-order valence-corrected chi connectivity index (χ1v) is 7.21. The first-order valence-electron chi connectivity index (χ1n) is 6.58. The zero-order chi connectivity index (χ0) is 13.7. The molecule has 0 N–H and O–H groups in total. The molecule has 0 aliphatic heterocycles. The molecule has 1 atom stereocenters. The van der Waals surface area contributed by atoms with Crippen LogP contribution in [0.4, 0.5) is 0 Å². The molecule has 2 aromatic rings. The van der Waals surface area contributed by atoms with Gasteiger partial charge in [0.2, 0.25) is 0 Å². The van der Waals surface area contributed by atoms with E-state index in [4.69, 9.17) is 4.42 Å². The minimum absolute atomic E-state index is 0.460. The van der Waals surface area contributed by atoms with Gasteiger partial charge in [0.1, 0.15) is 5.76 Å². The number of nitrogens with zero attached hydrogens (tertiary/aromatic N) is 1. The predicted molar refractivity (Wildman–Crippen MR) is 82.8 cm³/mol. The molecule has 2 rings (SSSR count). The Balaban J connectivity index is 1.97. The van der Waals surface area contributed by atoms with Gasteiger partial charge in [-0.25, -0.2) is 0 Å². The van der Waals surface area contributed by atoms with Crippen LogP contribution in [0.15, 0.2) is 47.1 Å². The molecule has 1 aromatic heterocycles. The van der Waals surface area contributed by atoms with Crippen LogP contribution in [-0.4, -0.2) is 24.2 Å². The fourth-order valence-electron chi connectivity index (χ4n) is 2.30. The fourth-order valence-corrected chi connectivity index (χ4v) is 2.63. The van der Waals surface area contributed by atoms with Crippen LogP contribution in [0.1, 0.15) is 22.8 Å². The third-order valence-corrected chi connectivity index (χ3v) is 3.87. The molecule has 1 heterocycles. The maximum atomic E-state index is 5.34. The maximum absolute atomic E-state index is 5.34. The molecule has 0 saturated heterocycles. The van der Waals surface area contributed by atoms with E-state index >= 15 is 0 Å². The Kier molecular flexibility index (Phi) is 5.11. The van der Waals surface area contributed by atoms with E-state index in [2.05, 4.69) is 54.9 Å². The van der Waals surface area contributed by atoms with Crippen LogP contribution in [0.25, 0.3) is 0 Å². The van der Waals surface area contributed by atoms with Crippen LogP contribution < -0.4 is 0 Å². The fraction of sp³-hybridized carbons (Fsp3) is 0.375. The van der Waals surface area contributed by atoms with Crippen molar-refractivity contribution in [2.75, 3.05) is 19.3 Å². The van der Waals surface area contributed by atoms with Crippen molar-refractivity contribution in [1.82, 2.24) is 4.90 Å². The summed E-state index contributed by atoms with van der Waals surface area (Å²) in [6.45, 7) is 3.92. The standard InChI is InChI=1S/C16H21NOS/c1-13-15(8-9-18-13)10-17(2)11-16(12-19)14-6-4-3-5-7-14/h3-9,16,19H,10-12H2,1-2H3. The van der Waals surface area contributed by atoms with Gasteiger partial charge in [0, 0.05) is 24.6 Å². The third kappa shape index (κ3) is 3.88. The highest BCUT2D eigenvalue weighted by molar-refractivity contribution is 7.80. The van der Waals surface area contributed by atoms with Crippen LogP contribution in [-0.2, 0) is 6.54 Å². The molecule has 0 aliphatic rings. The Morgan fingerprint density at radius 3 is 2.53 bits per heavy atom. The van der Waals surface area contributed by atoms with Gasteiger partial charge in [-0.2, -0.15) is 12.6 Å². The molecule has 0 aliphatic carbocycles. The van der Waals surface area contributed by atoms with Crippen LogP contribution in [0, 0.1) is 6.92 Å². The monoisotopic (exact) mass is 275 g/mol. The van der Waals surface area contributed by atoms with Crippen LogP contribution >= 0.6 is 12.6 Å². The van der Waals surface area contributed by atoms with Crippen molar-refractivity contribution in [3.8, 4) is 0 Å². The summed E-state index contributed by atoms with van der Waals surface area (Å²) in [6.07, 6.45) is 1.76. The molecule has 0 saturated carbocycles. The van der Waals surface area contributed by atoms with Gasteiger partial charge in [0.25, 0.3) is 0 Å². The summed E-state index contributed by atoms with van der Waals surface area (Å²) in [5.74, 6) is 2.33. The molecule has 0 radical (unpaired) electrons. The number of benzene rings is 1. The lowest BCUT2D eigenvalue weighted by Crippen LogP contribution is -2.25. The Bertz CT molecular complexity index is 494. The molecule has 0 fully saturated rings. The zero-order valence-electron chi connectivity index (χ0n) is 11.5. The van der Waals surface area contributed by atoms with Gasteiger partial charge in [-0.3, -0.25) is 0 Å². The minimum atomic E-state index is 0.460. The first kappa shape index (κ1) is 14.2. The summed E-state index contributed by atoms with van der Waals surface area (Å²) in [6, 6.07) is 12.6. The highest BCUT2D eigenvalue weighted by atomic mass is 32.1. The second kappa shape index (κ2) is 6.83. The molecule has 0 bridgehead atoms. The van der Waals surface area contributed by atoms with Crippen molar-refractivity contribution in [3.05, 3.63) is 59.5 Å². The average Bonchev–Trinajstić information content (AvgIpc) is 2.82. The summed E-state index contributed by atoms with van der Waals surface area (Å²) < 4.78 is 5.34. The number of rotatable bonds is 6. The number of hydrogen-bond acceptors (Lipinski definition) is 3. The normalized spacial score (nSPS) is 12.8. The van der Waals surface area contributed by atoms with Crippen molar-refractivity contribution < 1.29 is 4.42 Å². The number of hydrogen-bond donors (Lipinski definition) is 1. The second-order valence-electron chi connectivity index (χ2n) is 4.99. The van der Waals surface area contributed by atoms with Gasteiger partial charge in [-0.1, -0.05) is 30.3 Å². The molecule has 19 heavy (non-hydrogen) atoms. The molecule has 2 nitrogen and oxygen atoms in total. The lowest BCUT2D eigenvalue weighted by Gasteiger charge is -2.23. The smallest absolute Gasteiger partial charge is 0.105 e. The quantitative estimate of drug-likeness (QED) is 0.809. The Hall–Kier alpha value is -1.19. The molecule has 0 spiro atoms. The Morgan fingerprint density at radius 2 is 1.95 bits per heavy atom. The predicted octanol–water partition coefficient (Wildman–Crippen LogP) is 3.73.